The van der Waals surface area contributed by atoms with Crippen molar-refractivity contribution in [1.29, 1.82) is 0 Å². The molecule has 1 aliphatic carbocycles. The van der Waals surface area contributed by atoms with Gasteiger partial charge in [0.2, 0.25) is 0 Å². The summed E-state index contributed by atoms with van der Waals surface area (Å²) in [4.78, 5) is 24.4. The van der Waals surface area contributed by atoms with Crippen LogP contribution in [0.25, 0.3) is 0 Å². The molecule has 0 aromatic heterocycles. The molecule has 1 saturated carbocycles. The molecule has 2 rings (SSSR count). The number of urea groups is 1. The first kappa shape index (κ1) is 15.0. The molecule has 7 heteroatoms. The minimum Gasteiger partial charge on any atom is -0.361 e. The van der Waals surface area contributed by atoms with Gasteiger partial charge in [0, 0.05) is 6.54 Å². The molecule has 2 fully saturated rings. The van der Waals surface area contributed by atoms with E-state index in [1.165, 1.54) is 0 Å². The number of unbranched alkanes of at least 4 members (excludes halogenated alkanes) is 1. The Labute approximate surface area is 124 Å². The Kier molecular flexibility index (Phi) is 4.80. The average Bonchev–Trinajstić information content (AvgIpc) is 2.65. The average molecular weight is 298 g/mol. The molecule has 1 saturated heterocycles. The van der Waals surface area contributed by atoms with Gasteiger partial charge in [0.25, 0.3) is 5.91 Å². The van der Waals surface area contributed by atoms with E-state index in [0.717, 1.165) is 43.7 Å². The van der Waals surface area contributed by atoms with Crippen molar-refractivity contribution in [2.45, 2.75) is 57.4 Å². The van der Waals surface area contributed by atoms with Gasteiger partial charge in [0.15, 0.2) is 5.11 Å². The maximum Gasteiger partial charge on any atom is 0.344 e. The van der Waals surface area contributed by atoms with Gasteiger partial charge in [0.1, 0.15) is 5.54 Å². The SMILES string of the molecule is CCCCNC(=S)NN1C(=O)NC2(CCCCC2)C1=O. The van der Waals surface area contributed by atoms with Gasteiger partial charge >= 0.3 is 6.03 Å². The first-order chi connectivity index (χ1) is 9.59. The summed E-state index contributed by atoms with van der Waals surface area (Å²) in [7, 11) is 0. The molecule has 20 heavy (non-hydrogen) atoms. The van der Waals surface area contributed by atoms with Crippen LogP contribution in [-0.2, 0) is 4.79 Å². The van der Waals surface area contributed by atoms with E-state index < -0.39 is 11.6 Å². The summed E-state index contributed by atoms with van der Waals surface area (Å²) in [6.07, 6.45) is 6.54. The summed E-state index contributed by atoms with van der Waals surface area (Å²) in [6.45, 7) is 2.82. The summed E-state index contributed by atoms with van der Waals surface area (Å²) >= 11 is 5.10. The highest BCUT2D eigenvalue weighted by molar-refractivity contribution is 7.80. The molecular formula is C13H22N4O2S. The first-order valence-electron chi connectivity index (χ1n) is 7.30. The van der Waals surface area contributed by atoms with E-state index in [-0.39, 0.29) is 5.91 Å². The van der Waals surface area contributed by atoms with E-state index in [2.05, 4.69) is 23.0 Å². The molecule has 0 bridgehead atoms. The molecule has 1 spiro atoms. The predicted octanol–water partition coefficient (Wildman–Crippen LogP) is 1.42. The first-order valence-corrected chi connectivity index (χ1v) is 7.71. The summed E-state index contributed by atoms with van der Waals surface area (Å²) < 4.78 is 0. The Morgan fingerprint density at radius 2 is 2.05 bits per heavy atom. The Morgan fingerprint density at radius 3 is 2.70 bits per heavy atom. The van der Waals surface area contributed by atoms with Crippen LogP contribution < -0.4 is 16.1 Å². The van der Waals surface area contributed by atoms with Crippen LogP contribution in [0.4, 0.5) is 4.79 Å². The zero-order valence-corrected chi connectivity index (χ0v) is 12.6. The van der Waals surface area contributed by atoms with Crippen LogP contribution in [-0.4, -0.2) is 34.1 Å². The molecule has 0 aromatic rings. The molecule has 112 valence electrons. The highest BCUT2D eigenvalue weighted by Crippen LogP contribution is 2.32. The molecule has 2 aliphatic rings. The fourth-order valence-electron chi connectivity index (χ4n) is 2.74. The van der Waals surface area contributed by atoms with Crippen molar-refractivity contribution in [3.05, 3.63) is 0 Å². The van der Waals surface area contributed by atoms with Gasteiger partial charge in [-0.25, -0.2) is 4.79 Å². The van der Waals surface area contributed by atoms with Crippen molar-refractivity contribution in [2.75, 3.05) is 6.54 Å². The highest BCUT2D eigenvalue weighted by atomic mass is 32.1. The van der Waals surface area contributed by atoms with Gasteiger partial charge in [-0.3, -0.25) is 10.2 Å². The Balaban J connectivity index is 1.93. The monoisotopic (exact) mass is 298 g/mol. The van der Waals surface area contributed by atoms with E-state index in [4.69, 9.17) is 12.2 Å². The molecule has 3 amide bonds. The number of rotatable bonds is 4. The minimum atomic E-state index is -0.707. The third kappa shape index (κ3) is 3.03. The number of amides is 3. The summed E-state index contributed by atoms with van der Waals surface area (Å²) in [5, 5.41) is 7.15. The van der Waals surface area contributed by atoms with Crippen LogP contribution >= 0.6 is 12.2 Å². The second kappa shape index (κ2) is 6.39. The maximum absolute atomic E-state index is 12.5. The summed E-state index contributed by atoms with van der Waals surface area (Å²) in [6, 6.07) is -0.406. The fourth-order valence-corrected chi connectivity index (χ4v) is 2.93. The lowest BCUT2D eigenvalue weighted by Crippen LogP contribution is -2.52. The van der Waals surface area contributed by atoms with Gasteiger partial charge < -0.3 is 10.6 Å². The van der Waals surface area contributed by atoms with Crippen LogP contribution in [0.1, 0.15) is 51.9 Å². The van der Waals surface area contributed by atoms with Crippen LogP contribution in [0.2, 0.25) is 0 Å². The highest BCUT2D eigenvalue weighted by Gasteiger charge is 2.51. The lowest BCUT2D eigenvalue weighted by Gasteiger charge is -2.30. The second-order valence-corrected chi connectivity index (χ2v) is 5.84. The molecule has 0 atom stereocenters. The zero-order valence-electron chi connectivity index (χ0n) is 11.8. The second-order valence-electron chi connectivity index (χ2n) is 5.43. The molecule has 0 radical (unpaired) electrons. The number of hydrazine groups is 1. The number of carbonyl (C=O) groups is 2. The number of hydrogen-bond acceptors (Lipinski definition) is 3. The predicted molar refractivity (Wildman–Crippen MR) is 79.8 cm³/mol. The van der Waals surface area contributed by atoms with Crippen molar-refractivity contribution in [3.8, 4) is 0 Å². The maximum atomic E-state index is 12.5. The molecular weight excluding hydrogens is 276 g/mol. The fraction of sp³-hybridized carbons (Fsp3) is 0.769. The van der Waals surface area contributed by atoms with Crippen LogP contribution in [0.3, 0.4) is 0 Å². The number of carbonyl (C=O) groups excluding carboxylic acids is 2. The Morgan fingerprint density at radius 1 is 1.35 bits per heavy atom. The van der Waals surface area contributed by atoms with Crippen LogP contribution in [0, 0.1) is 0 Å². The van der Waals surface area contributed by atoms with Crippen molar-refractivity contribution < 1.29 is 9.59 Å². The van der Waals surface area contributed by atoms with Crippen LogP contribution in [0.15, 0.2) is 0 Å². The number of hydrogen-bond donors (Lipinski definition) is 3. The Hall–Kier alpha value is -1.37. The van der Waals surface area contributed by atoms with E-state index in [0.29, 0.717) is 18.0 Å². The number of thiocarbonyl (C=S) groups is 1. The Bertz CT molecular complexity index is 407. The molecule has 0 aromatic carbocycles. The van der Waals surface area contributed by atoms with E-state index in [9.17, 15) is 9.59 Å². The van der Waals surface area contributed by atoms with Gasteiger partial charge in [-0.2, -0.15) is 5.01 Å². The van der Waals surface area contributed by atoms with Gasteiger partial charge in [-0.15, -0.1) is 0 Å². The smallest absolute Gasteiger partial charge is 0.344 e. The minimum absolute atomic E-state index is 0.207. The largest absolute Gasteiger partial charge is 0.361 e. The van der Waals surface area contributed by atoms with Crippen molar-refractivity contribution in [3.63, 3.8) is 0 Å². The molecule has 1 heterocycles. The molecule has 1 aliphatic heterocycles. The third-order valence-electron chi connectivity index (χ3n) is 3.90. The normalized spacial score (nSPS) is 20.9. The third-order valence-corrected chi connectivity index (χ3v) is 4.13. The summed E-state index contributed by atoms with van der Waals surface area (Å²) in [5.41, 5.74) is 1.99. The zero-order chi connectivity index (χ0) is 14.6. The summed E-state index contributed by atoms with van der Waals surface area (Å²) in [5.74, 6) is -0.207. The molecule has 3 N–H and O–H groups in total. The van der Waals surface area contributed by atoms with Crippen molar-refractivity contribution in [2.24, 2.45) is 0 Å². The number of nitrogens with one attached hydrogen (secondary N) is 3. The number of nitrogens with zero attached hydrogens (tertiary/aromatic N) is 1. The van der Waals surface area contributed by atoms with Crippen molar-refractivity contribution >= 4 is 29.3 Å². The molecule has 6 nitrogen and oxygen atoms in total. The van der Waals surface area contributed by atoms with Gasteiger partial charge in [-0.1, -0.05) is 32.6 Å². The van der Waals surface area contributed by atoms with Crippen LogP contribution in [0.5, 0.6) is 0 Å². The van der Waals surface area contributed by atoms with E-state index in [1.54, 1.807) is 0 Å². The van der Waals surface area contributed by atoms with Gasteiger partial charge in [-0.05, 0) is 31.5 Å². The van der Waals surface area contributed by atoms with Gasteiger partial charge in [0.05, 0.1) is 0 Å². The van der Waals surface area contributed by atoms with E-state index >= 15 is 0 Å². The lowest BCUT2D eigenvalue weighted by molar-refractivity contribution is -0.133. The van der Waals surface area contributed by atoms with E-state index in [1.807, 2.05) is 0 Å². The topological polar surface area (TPSA) is 73.5 Å². The lowest BCUT2D eigenvalue weighted by atomic mass is 9.82. The number of imide groups is 1. The van der Waals surface area contributed by atoms with Crippen molar-refractivity contribution in [1.82, 2.24) is 21.1 Å². The molecule has 0 unspecified atom stereocenters. The standard InChI is InChI=1S/C13H22N4O2S/c1-2-3-9-14-11(20)16-17-10(18)13(15-12(17)19)7-5-4-6-8-13/h2-9H2,1H3,(H,15,19)(H2,14,16,20). The quantitative estimate of drug-likeness (QED) is 0.416.